The van der Waals surface area contributed by atoms with Crippen LogP contribution in [0.1, 0.15) is 53.0 Å². The second-order valence-electron chi connectivity index (χ2n) is 6.44. The summed E-state index contributed by atoms with van der Waals surface area (Å²) in [7, 11) is 1.43. The monoisotopic (exact) mass is 331 g/mol. The van der Waals surface area contributed by atoms with Crippen LogP contribution >= 0.6 is 11.8 Å². The van der Waals surface area contributed by atoms with Gasteiger partial charge in [-0.15, -0.1) is 0 Å². The molecule has 2 atom stereocenters. The molecule has 0 saturated heterocycles. The molecule has 6 heteroatoms. The maximum atomic E-state index is 12.0. The fourth-order valence-electron chi connectivity index (χ4n) is 4.02. The summed E-state index contributed by atoms with van der Waals surface area (Å²) in [6, 6.07) is 0.913. The predicted octanol–water partition coefficient (Wildman–Crippen LogP) is 3.45. The van der Waals surface area contributed by atoms with Crippen LogP contribution in [0.3, 0.4) is 0 Å². The predicted molar refractivity (Wildman–Crippen MR) is 92.5 cm³/mol. The number of aromatic nitrogens is 1. The van der Waals surface area contributed by atoms with Gasteiger partial charge in [0.1, 0.15) is 0 Å². The van der Waals surface area contributed by atoms with Crippen molar-refractivity contribution in [1.29, 1.82) is 0 Å². The third-order valence-electron chi connectivity index (χ3n) is 5.13. The molecular weight excluding hydrogens is 310 g/mol. The molecule has 1 aliphatic carbocycles. The van der Waals surface area contributed by atoms with Gasteiger partial charge >= 0.3 is 5.97 Å². The Bertz CT molecular complexity index is 734. The lowest BCUT2D eigenvalue weighted by Gasteiger charge is -2.31. The second kappa shape index (κ2) is 5.44. The van der Waals surface area contributed by atoms with E-state index in [1.165, 1.54) is 32.8 Å². The molecule has 1 saturated carbocycles. The maximum Gasteiger partial charge on any atom is 0.339 e. The number of aliphatic imine (C=N–C) groups is 1. The third kappa shape index (κ3) is 2.15. The Balaban J connectivity index is 1.72. The lowest BCUT2D eigenvalue weighted by Crippen LogP contribution is -2.38. The number of amidine groups is 1. The number of hydrogen-bond acceptors (Lipinski definition) is 5. The van der Waals surface area contributed by atoms with Crippen LogP contribution in [0.25, 0.3) is 5.70 Å². The van der Waals surface area contributed by atoms with E-state index in [0.29, 0.717) is 17.6 Å². The number of esters is 1. The van der Waals surface area contributed by atoms with Gasteiger partial charge in [-0.25, -0.2) is 4.79 Å². The molecule has 0 radical (unpaired) electrons. The molecular formula is C17H21N3O2S. The van der Waals surface area contributed by atoms with Crippen molar-refractivity contribution < 1.29 is 9.53 Å². The van der Waals surface area contributed by atoms with Crippen LogP contribution < -0.4 is 0 Å². The van der Waals surface area contributed by atoms with E-state index in [-0.39, 0.29) is 5.97 Å². The summed E-state index contributed by atoms with van der Waals surface area (Å²) in [4.78, 5) is 22.7. The van der Waals surface area contributed by atoms with E-state index in [9.17, 15) is 4.79 Å². The molecule has 0 unspecified atom stereocenters. The highest BCUT2D eigenvalue weighted by molar-refractivity contribution is 8.16. The van der Waals surface area contributed by atoms with Crippen LogP contribution in [0.15, 0.2) is 10.4 Å². The van der Waals surface area contributed by atoms with Crippen molar-refractivity contribution >= 4 is 28.6 Å². The van der Waals surface area contributed by atoms with E-state index in [2.05, 4.69) is 15.3 Å². The summed E-state index contributed by atoms with van der Waals surface area (Å²) in [5.41, 5.74) is 4.64. The molecule has 1 aromatic heterocycles. The van der Waals surface area contributed by atoms with Crippen molar-refractivity contribution in [1.82, 2.24) is 9.88 Å². The van der Waals surface area contributed by atoms with Gasteiger partial charge in [0.15, 0.2) is 5.17 Å². The van der Waals surface area contributed by atoms with Crippen LogP contribution in [-0.2, 0) is 4.74 Å². The number of H-pyrrole nitrogens is 1. The van der Waals surface area contributed by atoms with Crippen LogP contribution in [0.2, 0.25) is 0 Å². The highest BCUT2D eigenvalue weighted by Crippen LogP contribution is 2.44. The van der Waals surface area contributed by atoms with Gasteiger partial charge in [-0.3, -0.25) is 4.99 Å². The molecule has 4 rings (SSSR count). The number of fused-ring (bicyclic) bond motifs is 3. The number of methoxy groups -OCH3 is 1. The zero-order chi connectivity index (χ0) is 16.1. The Morgan fingerprint density at radius 2 is 2.17 bits per heavy atom. The van der Waals surface area contributed by atoms with Crippen molar-refractivity contribution in [3.8, 4) is 0 Å². The summed E-state index contributed by atoms with van der Waals surface area (Å²) in [5, 5.41) is 3.27. The Hall–Kier alpha value is -1.69. The van der Waals surface area contributed by atoms with Crippen LogP contribution in [0, 0.1) is 13.8 Å². The van der Waals surface area contributed by atoms with E-state index >= 15 is 0 Å². The number of thioether (sulfide) groups is 1. The SMILES string of the molecule is COC(=O)c1c(C)[nH]c(C2=CSC3=N[C@@H]4CCCC[C@@H]4N23)c1C. The van der Waals surface area contributed by atoms with Crippen molar-refractivity contribution in [2.45, 2.75) is 51.6 Å². The Kier molecular flexibility index (Phi) is 3.52. The molecule has 1 N–H and O–H groups in total. The van der Waals surface area contributed by atoms with Gasteiger partial charge in [0.25, 0.3) is 0 Å². The number of aryl methyl sites for hydroxylation is 1. The third-order valence-corrected chi connectivity index (χ3v) is 5.98. The zero-order valence-electron chi connectivity index (χ0n) is 13.7. The molecule has 0 aromatic carbocycles. The van der Waals surface area contributed by atoms with Gasteiger partial charge in [0.05, 0.1) is 36.1 Å². The fourth-order valence-corrected chi connectivity index (χ4v) is 5.01. The smallest absolute Gasteiger partial charge is 0.339 e. The van der Waals surface area contributed by atoms with Gasteiger partial charge in [0.2, 0.25) is 0 Å². The molecule has 2 aliphatic heterocycles. The van der Waals surface area contributed by atoms with Gasteiger partial charge in [0, 0.05) is 11.1 Å². The summed E-state index contributed by atoms with van der Waals surface area (Å²) in [6.07, 6.45) is 4.93. The van der Waals surface area contributed by atoms with E-state index < -0.39 is 0 Å². The zero-order valence-corrected chi connectivity index (χ0v) is 14.5. The molecule has 1 aromatic rings. The normalized spacial score (nSPS) is 25.8. The first-order valence-corrected chi connectivity index (χ1v) is 9.01. The Morgan fingerprint density at radius 3 is 2.96 bits per heavy atom. The minimum Gasteiger partial charge on any atom is -0.465 e. The molecule has 1 fully saturated rings. The van der Waals surface area contributed by atoms with E-state index in [4.69, 9.17) is 9.73 Å². The number of nitrogens with one attached hydrogen (secondary N) is 1. The second-order valence-corrected chi connectivity index (χ2v) is 7.27. The maximum absolute atomic E-state index is 12.0. The molecule has 122 valence electrons. The fraction of sp³-hybridized carbons (Fsp3) is 0.529. The van der Waals surface area contributed by atoms with Crippen molar-refractivity contribution in [3.05, 3.63) is 27.9 Å². The minimum absolute atomic E-state index is 0.278. The quantitative estimate of drug-likeness (QED) is 0.843. The number of rotatable bonds is 2. The van der Waals surface area contributed by atoms with Gasteiger partial charge in [-0.05, 0) is 32.3 Å². The average Bonchev–Trinajstić information content (AvgIpc) is 3.18. The number of aromatic amines is 1. The van der Waals surface area contributed by atoms with Gasteiger partial charge < -0.3 is 14.6 Å². The highest BCUT2D eigenvalue weighted by atomic mass is 32.2. The van der Waals surface area contributed by atoms with E-state index in [1.54, 1.807) is 11.8 Å². The molecule has 0 bridgehead atoms. The lowest BCUT2D eigenvalue weighted by molar-refractivity contribution is 0.0599. The molecule has 3 heterocycles. The Labute approximate surface area is 140 Å². The van der Waals surface area contributed by atoms with Crippen molar-refractivity contribution in [2.24, 2.45) is 4.99 Å². The van der Waals surface area contributed by atoms with Gasteiger partial charge in [-0.2, -0.15) is 0 Å². The van der Waals surface area contributed by atoms with Crippen LogP contribution in [0.4, 0.5) is 0 Å². The first-order valence-electron chi connectivity index (χ1n) is 8.13. The molecule has 0 amide bonds. The first kappa shape index (κ1) is 14.9. The topological polar surface area (TPSA) is 57.7 Å². The number of carbonyl (C=O) groups is 1. The molecule has 23 heavy (non-hydrogen) atoms. The number of carbonyl (C=O) groups excluding carboxylic acids is 1. The number of ether oxygens (including phenoxy) is 1. The van der Waals surface area contributed by atoms with Gasteiger partial charge in [-0.1, -0.05) is 24.6 Å². The molecule has 0 spiro atoms. The average molecular weight is 331 g/mol. The summed E-state index contributed by atoms with van der Waals surface area (Å²) in [6.45, 7) is 3.91. The summed E-state index contributed by atoms with van der Waals surface area (Å²) < 4.78 is 4.93. The number of nitrogens with zero attached hydrogens (tertiary/aromatic N) is 2. The standard InChI is InChI=1S/C17H21N3O2S/c1-9-14(16(21)22-3)10(2)18-15(9)13-8-23-17-19-11-6-4-5-7-12(11)20(13)17/h8,11-12,18H,4-7H2,1-3H3/t11-,12+/m1/s1. The number of hydrogen-bond donors (Lipinski definition) is 1. The summed E-state index contributed by atoms with van der Waals surface area (Å²) in [5.74, 6) is -0.278. The summed E-state index contributed by atoms with van der Waals surface area (Å²) >= 11 is 1.70. The Morgan fingerprint density at radius 1 is 1.39 bits per heavy atom. The first-order chi connectivity index (χ1) is 11.1. The van der Waals surface area contributed by atoms with E-state index in [1.807, 2.05) is 13.8 Å². The van der Waals surface area contributed by atoms with Crippen molar-refractivity contribution in [3.63, 3.8) is 0 Å². The lowest BCUT2D eigenvalue weighted by atomic mass is 9.90. The van der Waals surface area contributed by atoms with Crippen LogP contribution in [-0.4, -0.2) is 40.2 Å². The largest absolute Gasteiger partial charge is 0.465 e. The van der Waals surface area contributed by atoms with E-state index in [0.717, 1.165) is 27.8 Å². The van der Waals surface area contributed by atoms with Crippen molar-refractivity contribution in [2.75, 3.05) is 7.11 Å². The molecule has 3 aliphatic rings. The minimum atomic E-state index is -0.278. The highest BCUT2D eigenvalue weighted by Gasteiger charge is 2.43. The van der Waals surface area contributed by atoms with Crippen LogP contribution in [0.5, 0.6) is 0 Å². The molecule has 5 nitrogen and oxygen atoms in total.